The van der Waals surface area contributed by atoms with E-state index in [1.54, 1.807) is 24.3 Å². The molecule has 0 aliphatic carbocycles. The summed E-state index contributed by atoms with van der Waals surface area (Å²) in [5.74, 6) is 0. The molecule has 0 atom stereocenters. The number of hydrazine groups is 1. The summed E-state index contributed by atoms with van der Waals surface area (Å²) < 4.78 is 0. The van der Waals surface area contributed by atoms with Crippen molar-refractivity contribution in [2.45, 2.75) is 58.3 Å². The number of anilines is 1. The van der Waals surface area contributed by atoms with Crippen LogP contribution in [0.5, 0.6) is 0 Å². The Hall–Kier alpha value is -2.82. The highest BCUT2D eigenvalue weighted by molar-refractivity contribution is 5.70. The Kier molecular flexibility index (Phi) is 7.68. The van der Waals surface area contributed by atoms with Gasteiger partial charge < -0.3 is 0 Å². The van der Waals surface area contributed by atoms with Gasteiger partial charge in [0.25, 0.3) is 5.69 Å². The number of rotatable bonds is 11. The predicted molar refractivity (Wildman–Crippen MR) is 120 cm³/mol. The summed E-state index contributed by atoms with van der Waals surface area (Å²) in [6, 6.07) is 15.4. The lowest BCUT2D eigenvalue weighted by atomic mass is 10.0. The van der Waals surface area contributed by atoms with Crippen LogP contribution in [0.15, 0.2) is 54.6 Å². The van der Waals surface area contributed by atoms with Crippen LogP contribution in [0.1, 0.15) is 63.0 Å². The Morgan fingerprint density at radius 2 is 1.59 bits per heavy atom. The fraction of sp³-hybridized carbons (Fsp3) is 0.417. The molecule has 1 N–H and O–H groups in total. The van der Waals surface area contributed by atoms with Gasteiger partial charge in [0.2, 0.25) is 0 Å². The van der Waals surface area contributed by atoms with E-state index < -0.39 is 0 Å². The topological polar surface area (TPSA) is 58.4 Å². The Labute approximate surface area is 173 Å². The maximum atomic E-state index is 10.8. The number of aryl methyl sites for hydroxylation is 1. The van der Waals surface area contributed by atoms with Crippen LogP contribution in [-0.2, 0) is 6.42 Å². The number of unbranched alkanes of at least 4 members (excludes halogenated alkanes) is 6. The molecule has 0 bridgehead atoms. The molecule has 0 spiro atoms. The molecule has 154 valence electrons. The molecule has 0 fully saturated rings. The van der Waals surface area contributed by atoms with Crippen molar-refractivity contribution in [3.8, 4) is 0 Å². The molecular weight excluding hydrogens is 362 g/mol. The molecule has 1 heterocycles. The minimum absolute atomic E-state index is 0.112. The summed E-state index contributed by atoms with van der Waals surface area (Å²) in [5.41, 5.74) is 7.96. The van der Waals surface area contributed by atoms with Crippen molar-refractivity contribution in [1.82, 2.24) is 5.43 Å². The molecule has 0 amide bonds. The van der Waals surface area contributed by atoms with Gasteiger partial charge in [-0.15, -0.1) is 0 Å². The zero-order chi connectivity index (χ0) is 20.5. The van der Waals surface area contributed by atoms with Crippen molar-refractivity contribution in [3.63, 3.8) is 0 Å². The van der Waals surface area contributed by atoms with Crippen molar-refractivity contribution < 1.29 is 4.92 Å². The maximum Gasteiger partial charge on any atom is 0.269 e. The summed E-state index contributed by atoms with van der Waals surface area (Å²) >= 11 is 0. The second kappa shape index (κ2) is 10.6. The number of nitro benzene ring substituents is 1. The number of nitrogens with one attached hydrogen (secondary N) is 1. The molecule has 0 radical (unpaired) electrons. The number of non-ortho nitro benzene ring substituents is 1. The largest absolute Gasteiger partial charge is 0.298 e. The zero-order valence-electron chi connectivity index (χ0n) is 17.3. The van der Waals surface area contributed by atoms with Crippen LogP contribution in [0.25, 0.3) is 5.70 Å². The van der Waals surface area contributed by atoms with Gasteiger partial charge in [-0.25, -0.2) is 0 Å². The van der Waals surface area contributed by atoms with Crippen molar-refractivity contribution >= 4 is 17.1 Å². The van der Waals surface area contributed by atoms with E-state index in [1.165, 1.54) is 50.5 Å². The van der Waals surface area contributed by atoms with Crippen LogP contribution in [0, 0.1) is 10.1 Å². The number of nitrogens with zero attached hydrogens (tertiary/aromatic N) is 2. The molecule has 29 heavy (non-hydrogen) atoms. The molecule has 0 saturated heterocycles. The van der Waals surface area contributed by atoms with Gasteiger partial charge in [0.05, 0.1) is 22.9 Å². The van der Waals surface area contributed by atoms with Crippen molar-refractivity contribution in [2.75, 3.05) is 11.6 Å². The molecule has 3 rings (SSSR count). The molecule has 2 aromatic carbocycles. The second-order valence-electron chi connectivity index (χ2n) is 7.68. The van der Waals surface area contributed by atoms with Gasteiger partial charge in [0, 0.05) is 12.1 Å². The van der Waals surface area contributed by atoms with Gasteiger partial charge in [0.1, 0.15) is 0 Å². The average Bonchev–Trinajstić information content (AvgIpc) is 3.24. The molecule has 2 aromatic rings. The molecule has 5 heteroatoms. The van der Waals surface area contributed by atoms with E-state index in [4.69, 9.17) is 0 Å². The molecular formula is C24H31N3O2. The first-order chi connectivity index (χ1) is 14.2. The van der Waals surface area contributed by atoms with Gasteiger partial charge in [0.15, 0.2) is 0 Å². The molecule has 5 nitrogen and oxygen atoms in total. The van der Waals surface area contributed by atoms with E-state index in [0.717, 1.165) is 29.9 Å². The second-order valence-corrected chi connectivity index (χ2v) is 7.68. The highest BCUT2D eigenvalue weighted by atomic mass is 16.6. The number of hydrogen-bond donors (Lipinski definition) is 1. The SMILES string of the molecule is CCCCCCCCCc1ccc(N2CC=C(c3ccc([N+](=O)[O-])cc3)N2)cc1. The van der Waals surface area contributed by atoms with Crippen LogP contribution in [0.2, 0.25) is 0 Å². The third kappa shape index (κ3) is 6.08. The maximum absolute atomic E-state index is 10.8. The first-order valence-electron chi connectivity index (χ1n) is 10.8. The fourth-order valence-corrected chi connectivity index (χ4v) is 3.66. The summed E-state index contributed by atoms with van der Waals surface area (Å²) in [4.78, 5) is 10.4. The van der Waals surface area contributed by atoms with Gasteiger partial charge in [-0.1, -0.05) is 57.6 Å². The molecule has 1 aliphatic rings. The molecule has 0 aromatic heterocycles. The van der Waals surface area contributed by atoms with E-state index in [9.17, 15) is 10.1 Å². The lowest BCUT2D eigenvalue weighted by Crippen LogP contribution is -2.31. The Morgan fingerprint density at radius 3 is 2.24 bits per heavy atom. The monoisotopic (exact) mass is 393 g/mol. The van der Waals surface area contributed by atoms with Crippen LogP contribution < -0.4 is 10.4 Å². The fourth-order valence-electron chi connectivity index (χ4n) is 3.66. The van der Waals surface area contributed by atoms with Crippen molar-refractivity contribution in [2.24, 2.45) is 0 Å². The van der Waals surface area contributed by atoms with E-state index >= 15 is 0 Å². The highest BCUT2D eigenvalue weighted by Gasteiger charge is 2.16. The lowest BCUT2D eigenvalue weighted by Gasteiger charge is -2.21. The number of benzene rings is 2. The smallest absolute Gasteiger partial charge is 0.269 e. The summed E-state index contributed by atoms with van der Waals surface area (Å²) in [6.07, 6.45) is 12.6. The third-order valence-corrected chi connectivity index (χ3v) is 5.44. The van der Waals surface area contributed by atoms with E-state index in [0.29, 0.717) is 0 Å². The zero-order valence-corrected chi connectivity index (χ0v) is 17.3. The van der Waals surface area contributed by atoms with Gasteiger partial charge >= 0.3 is 0 Å². The lowest BCUT2D eigenvalue weighted by molar-refractivity contribution is -0.384. The summed E-state index contributed by atoms with van der Waals surface area (Å²) in [5, 5.41) is 12.9. The first kappa shape index (κ1) is 20.9. The van der Waals surface area contributed by atoms with E-state index in [1.807, 2.05) is 0 Å². The summed E-state index contributed by atoms with van der Waals surface area (Å²) in [6.45, 7) is 3.03. The highest BCUT2D eigenvalue weighted by Crippen LogP contribution is 2.24. The quantitative estimate of drug-likeness (QED) is 0.278. The minimum atomic E-state index is -0.374. The Bertz CT molecular complexity index is 813. The predicted octanol–water partition coefficient (Wildman–Crippen LogP) is 6.25. The van der Waals surface area contributed by atoms with Crippen LogP contribution in [0.4, 0.5) is 11.4 Å². The van der Waals surface area contributed by atoms with Crippen LogP contribution in [-0.4, -0.2) is 11.5 Å². The summed E-state index contributed by atoms with van der Waals surface area (Å²) in [7, 11) is 0. The van der Waals surface area contributed by atoms with Crippen molar-refractivity contribution in [1.29, 1.82) is 0 Å². The first-order valence-corrected chi connectivity index (χ1v) is 10.8. The van der Waals surface area contributed by atoms with E-state index in [-0.39, 0.29) is 10.6 Å². The molecule has 0 unspecified atom stereocenters. The minimum Gasteiger partial charge on any atom is -0.298 e. The van der Waals surface area contributed by atoms with Crippen molar-refractivity contribution in [3.05, 3.63) is 75.8 Å². The molecule has 0 saturated carbocycles. The normalized spacial score (nSPS) is 13.3. The van der Waals surface area contributed by atoms with E-state index in [2.05, 4.69) is 47.7 Å². The number of nitro groups is 1. The van der Waals surface area contributed by atoms with Crippen LogP contribution >= 0.6 is 0 Å². The van der Waals surface area contributed by atoms with Gasteiger partial charge in [-0.2, -0.15) is 0 Å². The molecule has 1 aliphatic heterocycles. The Balaban J connectivity index is 1.44. The van der Waals surface area contributed by atoms with Crippen LogP contribution in [0.3, 0.4) is 0 Å². The standard InChI is InChI=1S/C24H31N3O2/c1-2-3-4-5-6-7-8-9-20-10-14-22(15-11-20)26-19-18-24(25-26)21-12-16-23(17-13-21)27(28)29/h10-18,25H,2-9,19H2,1H3. The third-order valence-electron chi connectivity index (χ3n) is 5.44. The number of hydrogen-bond acceptors (Lipinski definition) is 4. The van der Waals surface area contributed by atoms with Gasteiger partial charge in [-0.05, 0) is 54.3 Å². The van der Waals surface area contributed by atoms with Gasteiger partial charge in [-0.3, -0.25) is 20.5 Å². The average molecular weight is 394 g/mol. The Morgan fingerprint density at radius 1 is 0.931 bits per heavy atom.